The summed E-state index contributed by atoms with van der Waals surface area (Å²) < 4.78 is 1.11. The van der Waals surface area contributed by atoms with Crippen LogP contribution in [0.25, 0.3) is 0 Å². The number of rotatable bonds is 17. The van der Waals surface area contributed by atoms with Crippen LogP contribution < -0.4 is 0 Å². The van der Waals surface area contributed by atoms with Gasteiger partial charge in [-0.2, -0.15) is 0 Å². The maximum atomic E-state index is 12.3. The Hall–Kier alpha value is -0.350. The van der Waals surface area contributed by atoms with Crippen LogP contribution in [-0.2, 0) is 0 Å². The number of phenolic OH excluding ortho intramolecular Hbond substituents is 1. The Kier molecular flexibility index (Phi) is 15.1. The molecule has 0 saturated heterocycles. The van der Waals surface area contributed by atoms with Crippen molar-refractivity contribution in [3.05, 3.63) is 26.6 Å². The van der Waals surface area contributed by atoms with Crippen LogP contribution in [0.15, 0.2) is 21.1 Å². The first-order chi connectivity index (χ1) is 13.6. The van der Waals surface area contributed by atoms with Gasteiger partial charge in [0, 0.05) is 12.0 Å². The van der Waals surface area contributed by atoms with E-state index in [1.165, 1.54) is 83.5 Å². The van der Waals surface area contributed by atoms with Gasteiger partial charge in [0.15, 0.2) is 5.78 Å². The molecule has 2 nitrogen and oxygen atoms in total. The SMILES string of the molecule is CCCCCCCCCCCCCCCCCC(=O)c1cc(Br)c(O)c(Br)c1. The maximum absolute atomic E-state index is 12.3. The molecule has 0 fully saturated rings. The Labute approximate surface area is 189 Å². The molecule has 28 heavy (non-hydrogen) atoms. The standard InChI is InChI=1S/C24H38Br2O2/c1-2-3-4-5-6-7-8-9-10-11-12-13-14-15-16-17-23(27)20-18-21(25)24(28)22(26)19-20/h18-19,28H,2-17H2,1H3. The van der Waals surface area contributed by atoms with Crippen LogP contribution in [0.4, 0.5) is 0 Å². The molecular weight excluding hydrogens is 480 g/mol. The average Bonchev–Trinajstić information content (AvgIpc) is 2.68. The molecule has 1 aromatic carbocycles. The summed E-state index contributed by atoms with van der Waals surface area (Å²) in [6.45, 7) is 2.27. The zero-order valence-electron chi connectivity index (χ0n) is 17.6. The summed E-state index contributed by atoms with van der Waals surface area (Å²) >= 11 is 6.56. The van der Waals surface area contributed by atoms with Crippen molar-refractivity contribution in [1.82, 2.24) is 0 Å². The fourth-order valence-electron chi connectivity index (χ4n) is 3.53. The molecule has 0 amide bonds. The van der Waals surface area contributed by atoms with E-state index in [0.29, 0.717) is 20.9 Å². The third-order valence-corrected chi connectivity index (χ3v) is 6.56. The number of carbonyl (C=O) groups excluding carboxylic acids is 1. The van der Waals surface area contributed by atoms with Crippen LogP contribution in [0.1, 0.15) is 120 Å². The van der Waals surface area contributed by atoms with Crippen LogP contribution >= 0.6 is 31.9 Å². The molecular formula is C24H38Br2O2. The van der Waals surface area contributed by atoms with Crippen molar-refractivity contribution in [3.63, 3.8) is 0 Å². The first kappa shape index (κ1) is 25.7. The van der Waals surface area contributed by atoms with Crippen LogP contribution in [0, 0.1) is 0 Å². The molecule has 0 spiro atoms. The highest BCUT2D eigenvalue weighted by molar-refractivity contribution is 9.11. The number of halogens is 2. The van der Waals surface area contributed by atoms with E-state index in [1.54, 1.807) is 12.1 Å². The lowest BCUT2D eigenvalue weighted by Crippen LogP contribution is -1.99. The first-order valence-corrected chi connectivity index (χ1v) is 12.9. The van der Waals surface area contributed by atoms with E-state index in [4.69, 9.17) is 0 Å². The van der Waals surface area contributed by atoms with Crippen molar-refractivity contribution in [2.24, 2.45) is 0 Å². The smallest absolute Gasteiger partial charge is 0.162 e. The molecule has 0 aliphatic heterocycles. The predicted molar refractivity (Wildman–Crippen MR) is 127 cm³/mol. The van der Waals surface area contributed by atoms with E-state index < -0.39 is 0 Å². The van der Waals surface area contributed by atoms with Gasteiger partial charge in [0.1, 0.15) is 5.75 Å². The number of ketones is 1. The van der Waals surface area contributed by atoms with Crippen molar-refractivity contribution in [2.75, 3.05) is 0 Å². The largest absolute Gasteiger partial charge is 0.506 e. The topological polar surface area (TPSA) is 37.3 Å². The predicted octanol–water partition coefficient (Wildman–Crippen LogP) is 9.36. The third-order valence-electron chi connectivity index (χ3n) is 5.35. The van der Waals surface area contributed by atoms with Gasteiger partial charge in [-0.05, 0) is 50.4 Å². The van der Waals surface area contributed by atoms with E-state index in [1.807, 2.05) is 0 Å². The number of benzene rings is 1. The Morgan fingerprint density at radius 3 is 1.46 bits per heavy atom. The Morgan fingerprint density at radius 2 is 1.07 bits per heavy atom. The molecule has 4 heteroatoms. The normalized spacial score (nSPS) is 11.1. The third kappa shape index (κ3) is 11.6. The second-order valence-corrected chi connectivity index (χ2v) is 9.62. The van der Waals surface area contributed by atoms with Crippen LogP contribution in [0.5, 0.6) is 5.75 Å². The monoisotopic (exact) mass is 516 g/mol. The van der Waals surface area contributed by atoms with Crippen LogP contribution in [-0.4, -0.2) is 10.9 Å². The van der Waals surface area contributed by atoms with E-state index >= 15 is 0 Å². The number of Topliss-reactive ketones (excluding diaryl/α,β-unsaturated/α-hetero) is 1. The van der Waals surface area contributed by atoms with Crippen molar-refractivity contribution < 1.29 is 9.90 Å². The fraction of sp³-hybridized carbons (Fsp3) is 0.708. The number of unbranched alkanes of at least 4 members (excludes halogenated alkanes) is 14. The van der Waals surface area contributed by atoms with Gasteiger partial charge in [0.05, 0.1) is 8.95 Å². The molecule has 1 aromatic rings. The molecule has 0 bridgehead atoms. The number of hydrogen-bond acceptors (Lipinski definition) is 2. The number of carbonyl (C=O) groups is 1. The van der Waals surface area contributed by atoms with E-state index in [9.17, 15) is 9.90 Å². The molecule has 160 valence electrons. The zero-order valence-corrected chi connectivity index (χ0v) is 20.8. The van der Waals surface area contributed by atoms with Gasteiger partial charge in [-0.25, -0.2) is 0 Å². The van der Waals surface area contributed by atoms with Gasteiger partial charge in [-0.3, -0.25) is 4.79 Å². The molecule has 0 saturated carbocycles. The molecule has 0 aliphatic carbocycles. The van der Waals surface area contributed by atoms with E-state index in [-0.39, 0.29) is 11.5 Å². The molecule has 0 aromatic heterocycles. The second-order valence-electron chi connectivity index (χ2n) is 7.91. The highest BCUT2D eigenvalue weighted by Gasteiger charge is 2.11. The first-order valence-electron chi connectivity index (χ1n) is 11.3. The Bertz CT molecular complexity index is 535. The van der Waals surface area contributed by atoms with Crippen molar-refractivity contribution in [1.29, 1.82) is 0 Å². The van der Waals surface area contributed by atoms with Crippen LogP contribution in [0.3, 0.4) is 0 Å². The van der Waals surface area contributed by atoms with E-state index in [2.05, 4.69) is 38.8 Å². The Morgan fingerprint density at radius 1 is 0.714 bits per heavy atom. The summed E-state index contributed by atoms with van der Waals surface area (Å²) in [4.78, 5) is 12.3. The van der Waals surface area contributed by atoms with Crippen molar-refractivity contribution in [3.8, 4) is 5.75 Å². The maximum Gasteiger partial charge on any atom is 0.162 e. The van der Waals surface area contributed by atoms with E-state index in [0.717, 1.165) is 12.8 Å². The molecule has 0 unspecified atom stereocenters. The molecule has 0 atom stereocenters. The summed E-state index contributed by atoms with van der Waals surface area (Å²) in [5.74, 6) is 0.291. The number of hydrogen-bond donors (Lipinski definition) is 1. The van der Waals surface area contributed by atoms with Gasteiger partial charge in [-0.1, -0.05) is 96.8 Å². The quantitative estimate of drug-likeness (QED) is 0.165. The minimum absolute atomic E-state index is 0.142. The minimum Gasteiger partial charge on any atom is -0.506 e. The lowest BCUT2D eigenvalue weighted by Gasteiger charge is -2.06. The highest BCUT2D eigenvalue weighted by Crippen LogP contribution is 2.33. The van der Waals surface area contributed by atoms with Gasteiger partial charge >= 0.3 is 0 Å². The molecule has 1 rings (SSSR count). The molecule has 0 heterocycles. The van der Waals surface area contributed by atoms with Gasteiger partial charge in [0.2, 0.25) is 0 Å². The van der Waals surface area contributed by atoms with Gasteiger partial charge < -0.3 is 5.11 Å². The lowest BCUT2D eigenvalue weighted by atomic mass is 10.0. The van der Waals surface area contributed by atoms with Crippen LogP contribution in [0.2, 0.25) is 0 Å². The lowest BCUT2D eigenvalue weighted by molar-refractivity contribution is 0.0979. The van der Waals surface area contributed by atoms with Gasteiger partial charge in [-0.15, -0.1) is 0 Å². The second kappa shape index (κ2) is 16.4. The molecule has 1 N–H and O–H groups in total. The molecule has 0 aliphatic rings. The summed E-state index contributed by atoms with van der Waals surface area (Å²) in [7, 11) is 0. The van der Waals surface area contributed by atoms with Crippen molar-refractivity contribution in [2.45, 2.75) is 110 Å². The number of phenols is 1. The van der Waals surface area contributed by atoms with Gasteiger partial charge in [0.25, 0.3) is 0 Å². The number of aromatic hydroxyl groups is 1. The summed E-state index contributed by atoms with van der Waals surface area (Å²) in [5, 5.41) is 9.72. The van der Waals surface area contributed by atoms with Crippen molar-refractivity contribution >= 4 is 37.6 Å². The minimum atomic E-state index is 0.142. The summed E-state index contributed by atoms with van der Waals surface area (Å²) in [5.41, 5.74) is 0.655. The average molecular weight is 518 g/mol. The summed E-state index contributed by atoms with van der Waals surface area (Å²) in [6, 6.07) is 3.40. The summed E-state index contributed by atoms with van der Waals surface area (Å²) in [6.07, 6.45) is 20.5. The zero-order chi connectivity index (χ0) is 20.6. The molecule has 0 radical (unpaired) electrons. The fourth-order valence-corrected chi connectivity index (χ4v) is 4.71. The Balaban J connectivity index is 1.93. The highest BCUT2D eigenvalue weighted by atomic mass is 79.9.